The van der Waals surface area contributed by atoms with Crippen LogP contribution in [0.4, 0.5) is 0 Å². The van der Waals surface area contributed by atoms with Crippen molar-refractivity contribution in [2.75, 3.05) is 6.26 Å². The third-order valence-corrected chi connectivity index (χ3v) is 5.25. The Labute approximate surface area is 91.1 Å². The van der Waals surface area contributed by atoms with Crippen LogP contribution in [0.1, 0.15) is 40.5 Å². The molecular formula is C11H21NOS. The van der Waals surface area contributed by atoms with E-state index in [0.717, 1.165) is 12.1 Å². The molecule has 1 aliphatic rings. The molecule has 82 valence electrons. The second kappa shape index (κ2) is 3.76. The largest absolute Gasteiger partial charge is 0.411 e. The number of thioether (sulfide) groups is 1. The maximum atomic E-state index is 9.19. The van der Waals surface area contributed by atoms with E-state index in [0.29, 0.717) is 5.92 Å². The Morgan fingerprint density at radius 2 is 2.00 bits per heavy atom. The molecule has 2 unspecified atom stereocenters. The van der Waals surface area contributed by atoms with E-state index in [-0.39, 0.29) is 10.2 Å². The molecule has 1 rings (SSSR count). The average Bonchev–Trinajstić information content (AvgIpc) is 2.13. The van der Waals surface area contributed by atoms with E-state index in [4.69, 9.17) is 0 Å². The van der Waals surface area contributed by atoms with E-state index < -0.39 is 0 Å². The summed E-state index contributed by atoms with van der Waals surface area (Å²) >= 11 is 1.79. The monoisotopic (exact) mass is 215 g/mol. The molecule has 0 aliphatic heterocycles. The molecule has 1 saturated carbocycles. The van der Waals surface area contributed by atoms with Gasteiger partial charge < -0.3 is 5.21 Å². The minimum atomic E-state index is 0.0186. The number of hydrogen-bond acceptors (Lipinski definition) is 3. The maximum Gasteiger partial charge on any atom is 0.0786 e. The topological polar surface area (TPSA) is 32.6 Å². The number of nitrogens with zero attached hydrogens (tertiary/aromatic N) is 1. The molecule has 0 heterocycles. The first-order valence-corrected chi connectivity index (χ1v) is 6.39. The van der Waals surface area contributed by atoms with Gasteiger partial charge in [0.25, 0.3) is 0 Å². The highest BCUT2D eigenvalue weighted by molar-refractivity contribution is 8.00. The zero-order chi connectivity index (χ0) is 11.0. The lowest BCUT2D eigenvalue weighted by Gasteiger charge is -2.46. The van der Waals surface area contributed by atoms with Gasteiger partial charge in [-0.2, -0.15) is 11.8 Å². The molecule has 0 radical (unpaired) electrons. The van der Waals surface area contributed by atoms with Gasteiger partial charge in [-0.25, -0.2) is 0 Å². The molecule has 0 aromatic carbocycles. The fraction of sp³-hybridized carbons (Fsp3) is 0.909. The van der Waals surface area contributed by atoms with Crippen LogP contribution in [0.15, 0.2) is 5.16 Å². The molecule has 2 nitrogen and oxygen atoms in total. The smallest absolute Gasteiger partial charge is 0.0786 e. The summed E-state index contributed by atoms with van der Waals surface area (Å²) in [5, 5.41) is 12.8. The third-order valence-electron chi connectivity index (χ3n) is 3.95. The summed E-state index contributed by atoms with van der Waals surface area (Å²) in [7, 11) is 0. The SMILES string of the molecule is CSC1(C)CCC(C)C(C)(C)/C1=N/O. The van der Waals surface area contributed by atoms with E-state index in [1.807, 2.05) is 0 Å². The Kier molecular flexibility index (Phi) is 3.20. The summed E-state index contributed by atoms with van der Waals surface area (Å²) in [6.07, 6.45) is 4.42. The molecule has 1 N–H and O–H groups in total. The maximum absolute atomic E-state index is 9.19. The molecule has 1 fully saturated rings. The van der Waals surface area contributed by atoms with Crippen molar-refractivity contribution in [3.8, 4) is 0 Å². The molecule has 0 aromatic heterocycles. The van der Waals surface area contributed by atoms with Crippen LogP contribution in [0.25, 0.3) is 0 Å². The molecule has 3 heteroatoms. The third kappa shape index (κ3) is 1.67. The summed E-state index contributed by atoms with van der Waals surface area (Å²) in [6.45, 7) is 8.78. The summed E-state index contributed by atoms with van der Waals surface area (Å²) in [4.78, 5) is 0. The van der Waals surface area contributed by atoms with Gasteiger partial charge in [-0.05, 0) is 31.9 Å². The normalized spacial score (nSPS) is 40.1. The van der Waals surface area contributed by atoms with Crippen molar-refractivity contribution in [2.24, 2.45) is 16.5 Å². The summed E-state index contributed by atoms with van der Waals surface area (Å²) in [5.41, 5.74) is 0.973. The number of oxime groups is 1. The fourth-order valence-electron chi connectivity index (χ4n) is 2.32. The van der Waals surface area contributed by atoms with Gasteiger partial charge in [0.15, 0.2) is 0 Å². The van der Waals surface area contributed by atoms with Crippen molar-refractivity contribution < 1.29 is 5.21 Å². The van der Waals surface area contributed by atoms with Crippen LogP contribution in [0.3, 0.4) is 0 Å². The molecule has 0 saturated heterocycles. The van der Waals surface area contributed by atoms with Crippen molar-refractivity contribution in [2.45, 2.75) is 45.3 Å². The van der Waals surface area contributed by atoms with Crippen LogP contribution < -0.4 is 0 Å². The minimum absolute atomic E-state index is 0.0186. The number of hydrogen-bond donors (Lipinski definition) is 1. The van der Waals surface area contributed by atoms with Gasteiger partial charge in [-0.15, -0.1) is 0 Å². The molecule has 0 aromatic rings. The first kappa shape index (κ1) is 11.9. The standard InChI is InChI=1S/C11H21NOS/c1-8-6-7-11(4,14-5)9(12-13)10(8,2)3/h8,13H,6-7H2,1-5H3/b12-9-. The van der Waals surface area contributed by atoms with Gasteiger partial charge in [-0.3, -0.25) is 0 Å². The Balaban J connectivity index is 3.09. The Morgan fingerprint density at radius 1 is 1.43 bits per heavy atom. The lowest BCUT2D eigenvalue weighted by molar-refractivity contribution is 0.240. The van der Waals surface area contributed by atoms with Gasteiger partial charge in [0, 0.05) is 5.41 Å². The predicted molar refractivity (Wildman–Crippen MR) is 63.3 cm³/mol. The molecule has 0 spiro atoms. The first-order chi connectivity index (χ1) is 6.38. The van der Waals surface area contributed by atoms with Crippen molar-refractivity contribution >= 4 is 17.5 Å². The van der Waals surface area contributed by atoms with E-state index in [1.165, 1.54) is 6.42 Å². The van der Waals surface area contributed by atoms with Gasteiger partial charge in [0.2, 0.25) is 0 Å². The highest BCUT2D eigenvalue weighted by atomic mass is 32.2. The van der Waals surface area contributed by atoms with Gasteiger partial charge in [0.05, 0.1) is 10.5 Å². The van der Waals surface area contributed by atoms with Crippen molar-refractivity contribution in [1.82, 2.24) is 0 Å². The summed E-state index contributed by atoms with van der Waals surface area (Å²) in [5.74, 6) is 0.591. The molecule has 14 heavy (non-hydrogen) atoms. The zero-order valence-corrected chi connectivity index (χ0v) is 10.6. The number of rotatable bonds is 1. The molecular weight excluding hydrogens is 194 g/mol. The second-order valence-corrected chi connectivity index (χ2v) is 6.35. The second-order valence-electron chi connectivity index (χ2n) is 5.04. The highest BCUT2D eigenvalue weighted by Gasteiger charge is 2.47. The minimum Gasteiger partial charge on any atom is -0.411 e. The molecule has 0 bridgehead atoms. The van der Waals surface area contributed by atoms with Crippen molar-refractivity contribution in [3.63, 3.8) is 0 Å². The van der Waals surface area contributed by atoms with Crippen LogP contribution in [0, 0.1) is 11.3 Å². The van der Waals surface area contributed by atoms with Crippen molar-refractivity contribution in [1.29, 1.82) is 0 Å². The highest BCUT2D eigenvalue weighted by Crippen LogP contribution is 2.47. The fourth-order valence-corrected chi connectivity index (χ4v) is 3.14. The van der Waals surface area contributed by atoms with Gasteiger partial charge in [-0.1, -0.05) is 25.9 Å². The lowest BCUT2D eigenvalue weighted by atomic mass is 9.64. The molecule has 2 atom stereocenters. The zero-order valence-electron chi connectivity index (χ0n) is 9.79. The first-order valence-electron chi connectivity index (χ1n) is 5.16. The average molecular weight is 215 g/mol. The predicted octanol–water partition coefficient (Wildman–Crippen LogP) is 3.39. The van der Waals surface area contributed by atoms with Crippen LogP contribution in [-0.4, -0.2) is 21.9 Å². The molecule has 0 amide bonds. The quantitative estimate of drug-likeness (QED) is 0.537. The Hall–Kier alpha value is -0.180. The van der Waals surface area contributed by atoms with E-state index in [1.54, 1.807) is 11.8 Å². The Morgan fingerprint density at radius 3 is 2.43 bits per heavy atom. The molecule has 1 aliphatic carbocycles. The Bertz CT molecular complexity index is 243. The van der Waals surface area contributed by atoms with Crippen LogP contribution in [-0.2, 0) is 0 Å². The lowest BCUT2D eigenvalue weighted by Crippen LogP contribution is -2.49. The van der Waals surface area contributed by atoms with Gasteiger partial charge >= 0.3 is 0 Å². The summed E-state index contributed by atoms with van der Waals surface area (Å²) in [6, 6.07) is 0. The van der Waals surface area contributed by atoms with E-state index in [2.05, 4.69) is 39.1 Å². The van der Waals surface area contributed by atoms with Crippen LogP contribution in [0.2, 0.25) is 0 Å². The van der Waals surface area contributed by atoms with E-state index in [9.17, 15) is 5.21 Å². The van der Waals surface area contributed by atoms with Crippen LogP contribution >= 0.6 is 11.8 Å². The summed E-state index contributed by atoms with van der Waals surface area (Å²) < 4.78 is 0.0186. The van der Waals surface area contributed by atoms with Crippen molar-refractivity contribution in [3.05, 3.63) is 0 Å². The van der Waals surface area contributed by atoms with E-state index >= 15 is 0 Å². The van der Waals surface area contributed by atoms with Gasteiger partial charge in [0.1, 0.15) is 0 Å². The van der Waals surface area contributed by atoms with Crippen LogP contribution in [0.5, 0.6) is 0 Å².